The second-order valence-corrected chi connectivity index (χ2v) is 4.10. The molecule has 0 unspecified atom stereocenters. The maximum Gasteiger partial charge on any atom is 0.374 e. The van der Waals surface area contributed by atoms with Crippen molar-refractivity contribution in [3.63, 3.8) is 0 Å². The minimum Gasteiger partial charge on any atom is -0.463 e. The normalized spacial score (nSPS) is 9.73. The maximum absolute atomic E-state index is 11.4. The molecule has 0 fully saturated rings. The first-order chi connectivity index (χ1) is 7.04. The van der Waals surface area contributed by atoms with Gasteiger partial charge in [-0.15, -0.1) is 0 Å². The smallest absolute Gasteiger partial charge is 0.374 e. The topological polar surface area (TPSA) is 73.3 Å². The standard InChI is InChI=1S/C8H6ClNO4S/c1-14-7(13)5(12)2-4(11)6-3-10-8(9)15-6/h3H,2H2,1H3. The number of halogens is 1. The lowest BCUT2D eigenvalue weighted by atomic mass is 10.2. The molecule has 0 spiro atoms. The first-order valence-electron chi connectivity index (χ1n) is 3.80. The van der Waals surface area contributed by atoms with Gasteiger partial charge in [0.15, 0.2) is 10.3 Å². The van der Waals surface area contributed by atoms with Gasteiger partial charge in [-0.2, -0.15) is 0 Å². The molecule has 0 amide bonds. The number of ketones is 2. The molecule has 0 aliphatic rings. The average Bonchev–Trinajstić information content (AvgIpc) is 2.63. The summed E-state index contributed by atoms with van der Waals surface area (Å²) in [5.74, 6) is -2.40. The molecule has 0 saturated carbocycles. The van der Waals surface area contributed by atoms with Gasteiger partial charge in [0.2, 0.25) is 5.78 Å². The molecule has 1 rings (SSSR count). The average molecular weight is 248 g/mol. The van der Waals surface area contributed by atoms with Crippen LogP contribution in [0.5, 0.6) is 0 Å². The molecule has 0 bridgehead atoms. The number of methoxy groups -OCH3 is 1. The van der Waals surface area contributed by atoms with Gasteiger partial charge >= 0.3 is 5.97 Å². The highest BCUT2D eigenvalue weighted by atomic mass is 35.5. The van der Waals surface area contributed by atoms with Gasteiger partial charge in [0.25, 0.3) is 0 Å². The number of nitrogens with zero attached hydrogens (tertiary/aromatic N) is 1. The van der Waals surface area contributed by atoms with Crippen molar-refractivity contribution < 1.29 is 19.1 Å². The molecule has 15 heavy (non-hydrogen) atoms. The van der Waals surface area contributed by atoms with Crippen LogP contribution in [0.25, 0.3) is 0 Å². The summed E-state index contributed by atoms with van der Waals surface area (Å²) in [6, 6.07) is 0. The predicted octanol–water partition coefficient (Wildman–Crippen LogP) is 1.11. The van der Waals surface area contributed by atoms with Crippen LogP contribution in [-0.2, 0) is 14.3 Å². The van der Waals surface area contributed by atoms with E-state index in [1.807, 2.05) is 0 Å². The number of hydrogen-bond acceptors (Lipinski definition) is 6. The molecule has 5 nitrogen and oxygen atoms in total. The molecule has 0 aliphatic heterocycles. The Morgan fingerprint density at radius 1 is 1.53 bits per heavy atom. The number of ether oxygens (including phenoxy) is 1. The van der Waals surface area contributed by atoms with Gasteiger partial charge < -0.3 is 4.74 Å². The maximum atomic E-state index is 11.4. The van der Waals surface area contributed by atoms with Crippen molar-refractivity contribution in [1.29, 1.82) is 0 Å². The molecule has 0 N–H and O–H groups in total. The van der Waals surface area contributed by atoms with Crippen molar-refractivity contribution >= 4 is 40.5 Å². The van der Waals surface area contributed by atoms with Gasteiger partial charge in [-0.05, 0) is 0 Å². The van der Waals surface area contributed by atoms with Crippen molar-refractivity contribution in [2.24, 2.45) is 0 Å². The minimum absolute atomic E-state index is 0.212. The van der Waals surface area contributed by atoms with Crippen LogP contribution < -0.4 is 0 Å². The van der Waals surface area contributed by atoms with Crippen molar-refractivity contribution in [3.8, 4) is 0 Å². The Bertz CT molecular complexity index is 415. The third kappa shape index (κ3) is 3.10. The van der Waals surface area contributed by atoms with Crippen LogP contribution in [0, 0.1) is 0 Å². The van der Waals surface area contributed by atoms with Crippen molar-refractivity contribution in [2.75, 3.05) is 7.11 Å². The van der Waals surface area contributed by atoms with E-state index in [-0.39, 0.29) is 9.34 Å². The van der Waals surface area contributed by atoms with E-state index in [0.29, 0.717) is 0 Å². The highest BCUT2D eigenvalue weighted by molar-refractivity contribution is 7.17. The third-order valence-corrected chi connectivity index (χ3v) is 2.64. The Labute approximate surface area is 94.0 Å². The molecule has 1 heterocycles. The number of hydrogen-bond donors (Lipinski definition) is 0. The molecule has 1 aromatic heterocycles. The van der Waals surface area contributed by atoms with E-state index in [1.165, 1.54) is 6.20 Å². The number of carbonyl (C=O) groups excluding carboxylic acids is 3. The molecule has 1 aromatic rings. The predicted molar refractivity (Wildman–Crippen MR) is 53.1 cm³/mol. The monoisotopic (exact) mass is 247 g/mol. The first-order valence-corrected chi connectivity index (χ1v) is 4.99. The number of carbonyl (C=O) groups is 3. The molecule has 0 aliphatic carbocycles. The van der Waals surface area contributed by atoms with Gasteiger partial charge in [0.1, 0.15) is 0 Å². The van der Waals surface area contributed by atoms with Crippen LogP contribution >= 0.6 is 22.9 Å². The molecule has 0 radical (unpaired) electrons. The van der Waals surface area contributed by atoms with Gasteiger partial charge in [0.05, 0.1) is 24.6 Å². The lowest BCUT2D eigenvalue weighted by molar-refractivity contribution is -0.151. The van der Waals surface area contributed by atoms with E-state index in [2.05, 4.69) is 9.72 Å². The van der Waals surface area contributed by atoms with E-state index in [0.717, 1.165) is 18.4 Å². The Kier molecular flexibility index (Phi) is 3.93. The fourth-order valence-electron chi connectivity index (χ4n) is 0.801. The fraction of sp³-hybridized carbons (Fsp3) is 0.250. The van der Waals surface area contributed by atoms with Gasteiger partial charge in [-0.25, -0.2) is 9.78 Å². The van der Waals surface area contributed by atoms with Crippen LogP contribution in [0.15, 0.2) is 6.20 Å². The van der Waals surface area contributed by atoms with Crippen molar-refractivity contribution in [2.45, 2.75) is 6.42 Å². The zero-order chi connectivity index (χ0) is 11.4. The largest absolute Gasteiger partial charge is 0.463 e. The quantitative estimate of drug-likeness (QED) is 0.345. The van der Waals surface area contributed by atoms with Crippen LogP contribution in [-0.4, -0.2) is 29.6 Å². The lowest BCUT2D eigenvalue weighted by Crippen LogP contribution is -2.18. The Morgan fingerprint density at radius 2 is 2.20 bits per heavy atom. The molecule has 80 valence electrons. The summed E-state index contributed by atoms with van der Waals surface area (Å²) in [6.07, 6.45) is 0.741. The Morgan fingerprint density at radius 3 is 2.67 bits per heavy atom. The van der Waals surface area contributed by atoms with Gasteiger partial charge in [0, 0.05) is 0 Å². The van der Waals surface area contributed by atoms with E-state index in [4.69, 9.17) is 11.6 Å². The zero-order valence-electron chi connectivity index (χ0n) is 7.65. The highest BCUT2D eigenvalue weighted by Crippen LogP contribution is 2.19. The first kappa shape index (κ1) is 11.8. The van der Waals surface area contributed by atoms with E-state index >= 15 is 0 Å². The number of thiazole rings is 1. The molecular weight excluding hydrogens is 242 g/mol. The van der Waals surface area contributed by atoms with E-state index < -0.39 is 24.0 Å². The lowest BCUT2D eigenvalue weighted by Gasteiger charge is -1.95. The Hall–Kier alpha value is -1.27. The molecule has 7 heteroatoms. The molecule has 0 atom stereocenters. The summed E-state index contributed by atoms with van der Waals surface area (Å²) in [4.78, 5) is 37.0. The van der Waals surface area contributed by atoms with Crippen LogP contribution in [0.3, 0.4) is 0 Å². The second-order valence-electron chi connectivity index (χ2n) is 2.49. The van der Waals surface area contributed by atoms with Crippen molar-refractivity contribution in [1.82, 2.24) is 4.98 Å². The van der Waals surface area contributed by atoms with Gasteiger partial charge in [-0.3, -0.25) is 9.59 Å². The molecule has 0 aromatic carbocycles. The summed E-state index contributed by atoms with van der Waals surface area (Å²) < 4.78 is 4.39. The van der Waals surface area contributed by atoms with Gasteiger partial charge in [-0.1, -0.05) is 22.9 Å². The SMILES string of the molecule is COC(=O)C(=O)CC(=O)c1cnc(Cl)s1. The molecule has 0 saturated heterocycles. The summed E-state index contributed by atoms with van der Waals surface area (Å²) in [6.45, 7) is 0. The summed E-state index contributed by atoms with van der Waals surface area (Å²) in [5, 5.41) is 0. The second kappa shape index (κ2) is 4.99. The van der Waals surface area contributed by atoms with E-state index in [1.54, 1.807) is 0 Å². The van der Waals surface area contributed by atoms with Crippen molar-refractivity contribution in [3.05, 3.63) is 15.5 Å². The zero-order valence-corrected chi connectivity index (χ0v) is 9.22. The number of rotatable bonds is 4. The summed E-state index contributed by atoms with van der Waals surface area (Å²) in [7, 11) is 1.08. The highest BCUT2D eigenvalue weighted by Gasteiger charge is 2.20. The minimum atomic E-state index is -1.03. The molecular formula is C8H6ClNO4S. The third-order valence-electron chi connectivity index (χ3n) is 1.49. The van der Waals surface area contributed by atoms with Crippen LogP contribution in [0.4, 0.5) is 0 Å². The number of Topliss-reactive ketones (excluding diaryl/α,β-unsaturated/α-hetero) is 2. The number of esters is 1. The van der Waals surface area contributed by atoms with Crippen LogP contribution in [0.1, 0.15) is 16.1 Å². The number of aromatic nitrogens is 1. The van der Waals surface area contributed by atoms with Crippen LogP contribution in [0.2, 0.25) is 4.47 Å². The Balaban J connectivity index is 2.64. The summed E-state index contributed by atoms with van der Waals surface area (Å²) in [5.41, 5.74) is 0. The fourth-order valence-corrected chi connectivity index (χ4v) is 1.68. The summed E-state index contributed by atoms with van der Waals surface area (Å²) >= 11 is 6.47. The van der Waals surface area contributed by atoms with E-state index in [9.17, 15) is 14.4 Å².